The summed E-state index contributed by atoms with van der Waals surface area (Å²) in [4.78, 5) is 15.6. The van der Waals surface area contributed by atoms with E-state index >= 15 is 0 Å². The van der Waals surface area contributed by atoms with Gasteiger partial charge in [-0.25, -0.2) is 0 Å². The molecule has 7 nitrogen and oxygen atoms in total. The number of fused-ring (bicyclic) bond motifs is 1. The maximum absolute atomic E-state index is 11.6. The number of rotatable bonds is 7. The van der Waals surface area contributed by atoms with Crippen molar-refractivity contribution in [2.24, 2.45) is 5.92 Å². The number of hydrogen-bond donors (Lipinski definition) is 0. The summed E-state index contributed by atoms with van der Waals surface area (Å²) in [6, 6.07) is 6.27. The zero-order valence-electron chi connectivity index (χ0n) is 15.9. The standard InChI is InChI=1S/C19H28N4O3/c1-15-9-17(20-26-15)12-22-10-16(6-8-25-14-19(24)21(2)3)11-23-7-4-5-18(23)13-22/h4-5,7,9,16H,6,8,10-14H2,1-3H3/t16-/m0/s1. The van der Waals surface area contributed by atoms with Gasteiger partial charge in [0.05, 0.1) is 5.69 Å². The largest absolute Gasteiger partial charge is 0.372 e. The molecule has 0 aliphatic carbocycles. The van der Waals surface area contributed by atoms with Crippen molar-refractivity contribution in [3.8, 4) is 0 Å². The van der Waals surface area contributed by atoms with Crippen molar-refractivity contribution in [1.29, 1.82) is 0 Å². The second-order valence-corrected chi connectivity index (χ2v) is 7.25. The van der Waals surface area contributed by atoms with Crippen LogP contribution < -0.4 is 0 Å². The Hall–Kier alpha value is -2.12. The first kappa shape index (κ1) is 18.7. The van der Waals surface area contributed by atoms with Crippen molar-refractivity contribution in [2.75, 3.05) is 33.9 Å². The summed E-state index contributed by atoms with van der Waals surface area (Å²) in [5, 5.41) is 4.13. The van der Waals surface area contributed by atoms with Crippen molar-refractivity contribution in [3.05, 3.63) is 41.5 Å². The van der Waals surface area contributed by atoms with Crippen molar-refractivity contribution in [3.63, 3.8) is 0 Å². The smallest absolute Gasteiger partial charge is 0.248 e. The van der Waals surface area contributed by atoms with Gasteiger partial charge in [-0.1, -0.05) is 5.16 Å². The summed E-state index contributed by atoms with van der Waals surface area (Å²) >= 11 is 0. The fourth-order valence-electron chi connectivity index (χ4n) is 3.33. The number of aromatic nitrogens is 2. The zero-order valence-corrected chi connectivity index (χ0v) is 15.9. The highest BCUT2D eigenvalue weighted by molar-refractivity contribution is 5.76. The Morgan fingerprint density at radius 1 is 1.42 bits per heavy atom. The lowest BCUT2D eigenvalue weighted by Crippen LogP contribution is -2.29. The lowest BCUT2D eigenvalue weighted by molar-refractivity contribution is -0.133. The van der Waals surface area contributed by atoms with E-state index in [1.54, 1.807) is 19.0 Å². The van der Waals surface area contributed by atoms with Gasteiger partial charge in [0, 0.05) is 64.8 Å². The first-order chi connectivity index (χ1) is 12.5. The zero-order chi connectivity index (χ0) is 18.5. The first-order valence-electron chi connectivity index (χ1n) is 9.07. The number of ether oxygens (including phenoxy) is 1. The van der Waals surface area contributed by atoms with Gasteiger partial charge in [-0.15, -0.1) is 0 Å². The monoisotopic (exact) mass is 360 g/mol. The molecule has 1 amide bonds. The predicted octanol–water partition coefficient (Wildman–Crippen LogP) is 1.91. The first-order valence-corrected chi connectivity index (χ1v) is 9.07. The third-order valence-electron chi connectivity index (χ3n) is 4.74. The molecule has 26 heavy (non-hydrogen) atoms. The summed E-state index contributed by atoms with van der Waals surface area (Å²) in [6.45, 7) is 6.28. The lowest BCUT2D eigenvalue weighted by atomic mass is 10.1. The molecule has 0 spiro atoms. The molecule has 1 aliphatic rings. The molecule has 0 unspecified atom stereocenters. The molecule has 3 heterocycles. The highest BCUT2D eigenvalue weighted by atomic mass is 16.5. The normalized spacial score (nSPS) is 17.7. The minimum atomic E-state index is 0.00147. The van der Waals surface area contributed by atoms with Crippen LogP contribution in [0.15, 0.2) is 28.9 Å². The SMILES string of the molecule is Cc1cc(CN2Cc3cccn3C[C@@H](CCOCC(=O)N(C)C)C2)no1. The van der Waals surface area contributed by atoms with Gasteiger partial charge < -0.3 is 18.7 Å². The molecule has 0 radical (unpaired) electrons. The fraction of sp³-hybridized carbons (Fsp3) is 0.579. The molecule has 7 heteroatoms. The van der Waals surface area contributed by atoms with E-state index in [4.69, 9.17) is 9.26 Å². The maximum atomic E-state index is 11.6. The van der Waals surface area contributed by atoms with E-state index in [1.807, 2.05) is 13.0 Å². The highest BCUT2D eigenvalue weighted by Gasteiger charge is 2.22. The van der Waals surface area contributed by atoms with Crippen LogP contribution in [0.25, 0.3) is 0 Å². The van der Waals surface area contributed by atoms with Crippen LogP contribution in [0.3, 0.4) is 0 Å². The molecule has 1 aliphatic heterocycles. The van der Waals surface area contributed by atoms with Crippen LogP contribution in [0.1, 0.15) is 23.6 Å². The second-order valence-electron chi connectivity index (χ2n) is 7.25. The van der Waals surface area contributed by atoms with Crippen molar-refractivity contribution < 1.29 is 14.1 Å². The third-order valence-corrected chi connectivity index (χ3v) is 4.74. The van der Waals surface area contributed by atoms with Gasteiger partial charge in [-0.3, -0.25) is 9.69 Å². The average Bonchev–Trinajstić information content (AvgIpc) is 3.16. The van der Waals surface area contributed by atoms with Crippen LogP contribution in [0.2, 0.25) is 0 Å². The minimum Gasteiger partial charge on any atom is -0.372 e. The number of carbonyl (C=O) groups is 1. The van der Waals surface area contributed by atoms with Crippen molar-refractivity contribution in [1.82, 2.24) is 19.5 Å². The van der Waals surface area contributed by atoms with Crippen LogP contribution in [-0.4, -0.2) is 59.3 Å². The average molecular weight is 360 g/mol. The topological polar surface area (TPSA) is 63.7 Å². The van der Waals surface area contributed by atoms with E-state index in [0.29, 0.717) is 12.5 Å². The number of aryl methyl sites for hydroxylation is 1. The minimum absolute atomic E-state index is 0.00147. The van der Waals surface area contributed by atoms with Gasteiger partial charge in [-0.2, -0.15) is 0 Å². The van der Waals surface area contributed by atoms with Crippen molar-refractivity contribution in [2.45, 2.75) is 33.0 Å². The molecule has 0 aromatic carbocycles. The Balaban J connectivity index is 1.57. The van der Waals surface area contributed by atoms with Gasteiger partial charge >= 0.3 is 0 Å². The van der Waals surface area contributed by atoms with E-state index in [-0.39, 0.29) is 12.5 Å². The van der Waals surface area contributed by atoms with E-state index in [9.17, 15) is 4.79 Å². The van der Waals surface area contributed by atoms with Gasteiger partial charge in [0.15, 0.2) is 0 Å². The molecular formula is C19H28N4O3. The fourth-order valence-corrected chi connectivity index (χ4v) is 3.33. The number of nitrogens with zero attached hydrogens (tertiary/aromatic N) is 4. The molecule has 1 atom stereocenters. The Labute approximate surface area is 154 Å². The van der Waals surface area contributed by atoms with Crippen LogP contribution in [-0.2, 0) is 29.2 Å². The Morgan fingerprint density at radius 3 is 3.00 bits per heavy atom. The summed E-state index contributed by atoms with van der Waals surface area (Å²) in [5.74, 6) is 1.31. The Kier molecular flexibility index (Phi) is 6.11. The van der Waals surface area contributed by atoms with Gasteiger partial charge in [0.1, 0.15) is 12.4 Å². The maximum Gasteiger partial charge on any atom is 0.248 e. The van der Waals surface area contributed by atoms with E-state index in [0.717, 1.165) is 44.1 Å². The van der Waals surface area contributed by atoms with E-state index in [2.05, 4.69) is 33.0 Å². The Morgan fingerprint density at radius 2 is 2.27 bits per heavy atom. The van der Waals surface area contributed by atoms with Gasteiger partial charge in [0.25, 0.3) is 0 Å². The van der Waals surface area contributed by atoms with Crippen LogP contribution in [0, 0.1) is 12.8 Å². The summed E-state index contributed by atoms with van der Waals surface area (Å²) in [6.07, 6.45) is 3.06. The van der Waals surface area contributed by atoms with Crippen LogP contribution >= 0.6 is 0 Å². The third kappa shape index (κ3) is 4.95. The molecule has 0 bridgehead atoms. The quantitative estimate of drug-likeness (QED) is 0.706. The van der Waals surface area contributed by atoms with Crippen LogP contribution in [0.4, 0.5) is 0 Å². The van der Waals surface area contributed by atoms with Gasteiger partial charge in [0.2, 0.25) is 5.91 Å². The lowest BCUT2D eigenvalue weighted by Gasteiger charge is -2.23. The molecule has 0 N–H and O–H groups in total. The molecule has 2 aromatic heterocycles. The predicted molar refractivity (Wildman–Crippen MR) is 97.4 cm³/mol. The van der Waals surface area contributed by atoms with Crippen LogP contribution in [0.5, 0.6) is 0 Å². The molecule has 2 aromatic rings. The number of hydrogen-bond acceptors (Lipinski definition) is 5. The molecule has 142 valence electrons. The highest BCUT2D eigenvalue weighted by Crippen LogP contribution is 2.21. The number of amides is 1. The van der Waals surface area contributed by atoms with E-state index in [1.165, 1.54) is 5.69 Å². The summed E-state index contributed by atoms with van der Waals surface area (Å²) < 4.78 is 13.1. The molecule has 0 fully saturated rings. The molecule has 3 rings (SSSR count). The molecule has 0 saturated heterocycles. The van der Waals surface area contributed by atoms with Gasteiger partial charge in [-0.05, 0) is 31.4 Å². The number of carbonyl (C=O) groups excluding carboxylic acids is 1. The Bertz CT molecular complexity index is 722. The summed E-state index contributed by atoms with van der Waals surface area (Å²) in [5.41, 5.74) is 2.28. The molecular weight excluding hydrogens is 332 g/mol. The molecule has 0 saturated carbocycles. The van der Waals surface area contributed by atoms with E-state index < -0.39 is 0 Å². The van der Waals surface area contributed by atoms with Crippen molar-refractivity contribution >= 4 is 5.91 Å². The summed E-state index contributed by atoms with van der Waals surface area (Å²) in [7, 11) is 3.49. The second kappa shape index (κ2) is 8.51. The number of likely N-dealkylation sites (N-methyl/N-ethyl adjacent to an activating group) is 1.